The van der Waals surface area contributed by atoms with Crippen LogP contribution in [0.5, 0.6) is 0 Å². The molecule has 0 radical (unpaired) electrons. The molecule has 58 valence electrons. The van der Waals surface area contributed by atoms with Crippen molar-refractivity contribution in [3.63, 3.8) is 0 Å². The normalized spacial score (nSPS) is 10.8. The monoisotopic (exact) mass is 164 g/mol. The van der Waals surface area contributed by atoms with E-state index in [0.717, 1.165) is 0 Å². The van der Waals surface area contributed by atoms with Gasteiger partial charge in [0.1, 0.15) is 0 Å². The molecule has 1 atom stereocenters. The summed E-state index contributed by atoms with van der Waals surface area (Å²) in [5, 5.41) is 1.27. The second kappa shape index (κ2) is 3.69. The Balaban J connectivity index is 3.20. The largest absolute Gasteiger partial charge is 0.105 e. The Bertz CT molecular complexity index is 254. The molecule has 11 heavy (non-hydrogen) atoms. The summed E-state index contributed by atoms with van der Waals surface area (Å²) >= 11 is 0. The van der Waals surface area contributed by atoms with Gasteiger partial charge in [-0.3, -0.25) is 0 Å². The van der Waals surface area contributed by atoms with E-state index < -0.39 is 0 Å². The zero-order chi connectivity index (χ0) is 8.27. The minimum atomic E-state index is 1.27. The first-order valence-electron chi connectivity index (χ1n) is 3.73. The minimum Gasteiger partial charge on any atom is -0.105 e. The highest BCUT2D eigenvalue weighted by Gasteiger charge is 1.95. The first-order chi connectivity index (χ1) is 5.25. The third-order valence-electron chi connectivity index (χ3n) is 1.69. The number of aryl methyl sites for hydroxylation is 1. The maximum atomic E-state index is 2.74. The molecule has 0 spiro atoms. The van der Waals surface area contributed by atoms with Gasteiger partial charge in [-0.05, 0) is 30.3 Å². The number of benzene rings is 1. The summed E-state index contributed by atoms with van der Waals surface area (Å²) < 4.78 is 0. The standard InChI is InChI=1S/C10H13P/c1-3-5-9-8(2)6-4-7-10(9)11/h3-7H,11H2,1-2H3/b5-3-. The van der Waals surface area contributed by atoms with Gasteiger partial charge in [-0.15, -0.1) is 9.24 Å². The van der Waals surface area contributed by atoms with Crippen molar-refractivity contribution >= 4 is 20.6 Å². The fraction of sp³-hybridized carbons (Fsp3) is 0.200. The van der Waals surface area contributed by atoms with Crippen molar-refractivity contribution in [1.82, 2.24) is 0 Å². The quantitative estimate of drug-likeness (QED) is 0.559. The number of allylic oxidation sites excluding steroid dienone is 1. The zero-order valence-corrected chi connectivity index (χ0v) is 8.12. The molecular formula is C10H13P. The third-order valence-corrected chi connectivity index (χ3v) is 2.19. The fourth-order valence-corrected chi connectivity index (χ4v) is 1.53. The van der Waals surface area contributed by atoms with E-state index in [-0.39, 0.29) is 0 Å². The first kappa shape index (κ1) is 8.49. The minimum absolute atomic E-state index is 1.27. The molecule has 0 N–H and O–H groups in total. The van der Waals surface area contributed by atoms with Crippen LogP contribution in [0, 0.1) is 6.92 Å². The van der Waals surface area contributed by atoms with E-state index in [9.17, 15) is 0 Å². The second-order valence-corrected chi connectivity index (χ2v) is 3.20. The second-order valence-electron chi connectivity index (χ2n) is 2.58. The van der Waals surface area contributed by atoms with Crippen molar-refractivity contribution < 1.29 is 0 Å². The summed E-state index contributed by atoms with van der Waals surface area (Å²) in [7, 11) is 2.74. The maximum Gasteiger partial charge on any atom is -0.0159 e. The van der Waals surface area contributed by atoms with Crippen molar-refractivity contribution in [1.29, 1.82) is 0 Å². The highest BCUT2D eigenvalue weighted by molar-refractivity contribution is 7.27. The van der Waals surface area contributed by atoms with Crippen LogP contribution in [0.3, 0.4) is 0 Å². The van der Waals surface area contributed by atoms with E-state index in [1.165, 1.54) is 16.4 Å². The van der Waals surface area contributed by atoms with E-state index in [1.54, 1.807) is 0 Å². The molecule has 1 heteroatoms. The molecule has 1 aromatic carbocycles. The van der Waals surface area contributed by atoms with Crippen LogP contribution in [-0.4, -0.2) is 0 Å². The summed E-state index contributed by atoms with van der Waals surface area (Å²) in [4.78, 5) is 0. The number of hydrogen-bond acceptors (Lipinski definition) is 0. The molecule has 1 aromatic rings. The zero-order valence-electron chi connectivity index (χ0n) is 6.96. The summed E-state index contributed by atoms with van der Waals surface area (Å²) in [6.07, 6.45) is 4.20. The lowest BCUT2D eigenvalue weighted by Crippen LogP contribution is -1.97. The molecule has 0 aliphatic rings. The molecule has 0 bridgehead atoms. The molecule has 1 rings (SSSR count). The molecule has 0 aromatic heterocycles. The lowest BCUT2D eigenvalue weighted by atomic mass is 10.1. The van der Waals surface area contributed by atoms with Gasteiger partial charge < -0.3 is 0 Å². The van der Waals surface area contributed by atoms with Gasteiger partial charge in [0, 0.05) is 0 Å². The number of rotatable bonds is 1. The van der Waals surface area contributed by atoms with Gasteiger partial charge in [0.15, 0.2) is 0 Å². The van der Waals surface area contributed by atoms with Crippen LogP contribution in [0.25, 0.3) is 6.08 Å². The van der Waals surface area contributed by atoms with Gasteiger partial charge in [0.25, 0.3) is 0 Å². The van der Waals surface area contributed by atoms with E-state index in [4.69, 9.17) is 0 Å². The van der Waals surface area contributed by atoms with Crippen LogP contribution in [0.15, 0.2) is 24.3 Å². The van der Waals surface area contributed by atoms with E-state index in [1.807, 2.05) is 6.92 Å². The SMILES string of the molecule is C/C=C\c1c(C)cccc1P. The molecule has 0 aliphatic heterocycles. The van der Waals surface area contributed by atoms with Crippen LogP contribution in [0.1, 0.15) is 18.1 Å². The predicted molar refractivity (Wildman–Crippen MR) is 55.2 cm³/mol. The van der Waals surface area contributed by atoms with Crippen LogP contribution in [-0.2, 0) is 0 Å². The summed E-state index contributed by atoms with van der Waals surface area (Å²) in [5.41, 5.74) is 2.65. The van der Waals surface area contributed by atoms with Crippen LogP contribution in [0.2, 0.25) is 0 Å². The topological polar surface area (TPSA) is 0 Å². The van der Waals surface area contributed by atoms with E-state index in [2.05, 4.69) is 46.5 Å². The Morgan fingerprint density at radius 3 is 2.64 bits per heavy atom. The Morgan fingerprint density at radius 2 is 2.09 bits per heavy atom. The van der Waals surface area contributed by atoms with Crippen molar-refractivity contribution in [2.45, 2.75) is 13.8 Å². The molecule has 0 saturated heterocycles. The first-order valence-corrected chi connectivity index (χ1v) is 4.31. The smallest absolute Gasteiger partial charge is 0.0159 e. The third kappa shape index (κ3) is 1.91. The summed E-state index contributed by atoms with van der Waals surface area (Å²) in [6, 6.07) is 6.31. The van der Waals surface area contributed by atoms with Crippen molar-refractivity contribution in [2.24, 2.45) is 0 Å². The maximum absolute atomic E-state index is 2.74. The van der Waals surface area contributed by atoms with Gasteiger partial charge in [-0.2, -0.15) is 0 Å². The Hall–Kier alpha value is -0.610. The Labute approximate surface area is 70.5 Å². The highest BCUT2D eigenvalue weighted by atomic mass is 31.0. The fourth-order valence-electron chi connectivity index (χ4n) is 1.10. The van der Waals surface area contributed by atoms with Crippen molar-refractivity contribution in [2.75, 3.05) is 0 Å². The molecule has 0 amide bonds. The van der Waals surface area contributed by atoms with Crippen LogP contribution < -0.4 is 5.30 Å². The van der Waals surface area contributed by atoms with Gasteiger partial charge in [-0.1, -0.05) is 30.4 Å². The molecule has 0 aliphatic carbocycles. The average Bonchev–Trinajstić information content (AvgIpc) is 1.97. The molecule has 0 nitrogen and oxygen atoms in total. The molecular weight excluding hydrogens is 151 g/mol. The molecule has 0 heterocycles. The Morgan fingerprint density at radius 1 is 1.36 bits per heavy atom. The van der Waals surface area contributed by atoms with E-state index >= 15 is 0 Å². The Kier molecular flexibility index (Phi) is 2.84. The van der Waals surface area contributed by atoms with Crippen LogP contribution in [0.4, 0.5) is 0 Å². The predicted octanol–water partition coefficient (Wildman–Crippen LogP) is 2.53. The van der Waals surface area contributed by atoms with Gasteiger partial charge >= 0.3 is 0 Å². The van der Waals surface area contributed by atoms with Crippen LogP contribution >= 0.6 is 9.24 Å². The summed E-state index contributed by atoms with van der Waals surface area (Å²) in [5.74, 6) is 0. The van der Waals surface area contributed by atoms with Gasteiger partial charge in [0.2, 0.25) is 0 Å². The molecule has 0 saturated carbocycles. The van der Waals surface area contributed by atoms with E-state index in [0.29, 0.717) is 0 Å². The van der Waals surface area contributed by atoms with Crippen molar-refractivity contribution in [3.05, 3.63) is 35.4 Å². The summed E-state index contributed by atoms with van der Waals surface area (Å²) in [6.45, 7) is 4.17. The lowest BCUT2D eigenvalue weighted by molar-refractivity contribution is 1.47. The van der Waals surface area contributed by atoms with Gasteiger partial charge in [0.05, 0.1) is 0 Å². The van der Waals surface area contributed by atoms with Crippen molar-refractivity contribution in [3.8, 4) is 0 Å². The number of hydrogen-bond donors (Lipinski definition) is 0. The average molecular weight is 164 g/mol. The highest BCUT2D eigenvalue weighted by Crippen LogP contribution is 2.09. The van der Waals surface area contributed by atoms with Gasteiger partial charge in [-0.25, -0.2) is 0 Å². The lowest BCUT2D eigenvalue weighted by Gasteiger charge is -2.02. The molecule has 1 unspecified atom stereocenters. The molecule has 0 fully saturated rings.